The summed E-state index contributed by atoms with van der Waals surface area (Å²) < 4.78 is 33.0. The number of nitrogens with one attached hydrogen (secondary N) is 1. The molecule has 0 spiro atoms. The van der Waals surface area contributed by atoms with Gasteiger partial charge in [-0.25, -0.2) is 8.42 Å². The molecular weight excluding hydrogens is 396 g/mol. The molecule has 3 aliphatic rings. The van der Waals surface area contributed by atoms with Crippen molar-refractivity contribution in [1.29, 1.82) is 0 Å². The molecule has 0 radical (unpaired) electrons. The Labute approximate surface area is 170 Å². The second kappa shape index (κ2) is 7.70. The molecule has 3 fully saturated rings. The Morgan fingerprint density at radius 2 is 1.72 bits per heavy atom. The average molecular weight is 423 g/mol. The third-order valence-corrected chi connectivity index (χ3v) is 8.36. The van der Waals surface area contributed by atoms with Gasteiger partial charge >= 0.3 is 5.97 Å². The van der Waals surface area contributed by atoms with Gasteiger partial charge in [0.05, 0.1) is 28.9 Å². The minimum absolute atomic E-state index is 0.0288. The molecule has 1 aromatic rings. The van der Waals surface area contributed by atoms with Crippen LogP contribution in [0.2, 0.25) is 0 Å². The number of nitrogens with zero attached hydrogens (tertiary/aromatic N) is 1. The topological polar surface area (TPSA) is 113 Å². The summed E-state index contributed by atoms with van der Waals surface area (Å²) in [5.41, 5.74) is 0.438. The predicted octanol–water partition coefficient (Wildman–Crippen LogP) is 2.07. The van der Waals surface area contributed by atoms with Gasteiger partial charge in [0.2, 0.25) is 15.9 Å². The quantitative estimate of drug-likeness (QED) is 0.751. The molecule has 9 heteroatoms. The summed E-state index contributed by atoms with van der Waals surface area (Å²) in [6.07, 6.45) is 3.29. The Kier molecular flexibility index (Phi) is 5.39. The molecule has 158 valence electrons. The fraction of sp³-hybridized carbons (Fsp3) is 0.600. The first-order valence-corrected chi connectivity index (χ1v) is 11.5. The summed E-state index contributed by atoms with van der Waals surface area (Å²) in [5.74, 6) is -2.99. The van der Waals surface area contributed by atoms with Gasteiger partial charge in [0.15, 0.2) is 0 Å². The number of carboxylic acid groups (broad SMARTS) is 1. The number of fused-ring (bicyclic) bond motifs is 2. The number of carbonyl (C=O) groups excluding carboxylic acids is 1. The highest BCUT2D eigenvalue weighted by molar-refractivity contribution is 7.89. The highest BCUT2D eigenvalue weighted by Gasteiger charge is 2.55. The number of carbonyl (C=O) groups is 2. The number of piperidine rings is 1. The van der Waals surface area contributed by atoms with E-state index in [2.05, 4.69) is 5.32 Å². The van der Waals surface area contributed by atoms with Crippen molar-refractivity contribution in [3.63, 3.8) is 0 Å². The largest absolute Gasteiger partial charge is 0.481 e. The van der Waals surface area contributed by atoms with E-state index in [1.165, 1.54) is 16.4 Å². The van der Waals surface area contributed by atoms with Crippen LogP contribution < -0.4 is 5.32 Å². The standard InChI is InChI=1S/C20H26N2O6S/c1-12-4-2-3-11-22(12)29(26,27)14-7-5-13(6-8-14)21-19(23)17-15-9-10-16(28-15)18(17)20(24)25/h5-8,12,15-18H,2-4,9-11H2,1H3,(H,21,23)(H,24,25)/t12-,15+,16+,17-,18+/m1/s1. The average Bonchev–Trinajstić information content (AvgIpc) is 3.30. The molecule has 8 nitrogen and oxygen atoms in total. The molecule has 0 saturated carbocycles. The zero-order chi connectivity index (χ0) is 20.8. The van der Waals surface area contributed by atoms with Crippen LogP contribution in [0.25, 0.3) is 0 Å². The third-order valence-electron chi connectivity index (χ3n) is 6.33. The van der Waals surface area contributed by atoms with E-state index in [1.54, 1.807) is 12.1 Å². The molecule has 3 aliphatic heterocycles. The van der Waals surface area contributed by atoms with Gasteiger partial charge in [-0.2, -0.15) is 4.31 Å². The van der Waals surface area contributed by atoms with Crippen LogP contribution in [0, 0.1) is 11.8 Å². The van der Waals surface area contributed by atoms with E-state index in [9.17, 15) is 23.1 Å². The lowest BCUT2D eigenvalue weighted by atomic mass is 9.78. The molecule has 3 heterocycles. The second-order valence-corrected chi connectivity index (χ2v) is 10.0. The molecular formula is C20H26N2O6S. The van der Waals surface area contributed by atoms with Crippen molar-refractivity contribution in [3.8, 4) is 0 Å². The smallest absolute Gasteiger partial charge is 0.310 e. The summed E-state index contributed by atoms with van der Waals surface area (Å²) in [7, 11) is -3.58. The second-order valence-electron chi connectivity index (χ2n) is 8.15. The van der Waals surface area contributed by atoms with E-state index in [1.807, 2.05) is 6.92 Å². The van der Waals surface area contributed by atoms with Gasteiger partial charge < -0.3 is 15.2 Å². The first-order valence-electron chi connectivity index (χ1n) is 10.1. The molecule has 0 aliphatic carbocycles. The number of benzene rings is 1. The molecule has 0 aromatic heterocycles. The Hall–Kier alpha value is -1.97. The lowest BCUT2D eigenvalue weighted by molar-refractivity contribution is -0.147. The molecule has 29 heavy (non-hydrogen) atoms. The number of sulfonamides is 1. The number of ether oxygens (including phenoxy) is 1. The summed E-state index contributed by atoms with van der Waals surface area (Å²) in [4.78, 5) is 24.5. The monoisotopic (exact) mass is 422 g/mol. The highest BCUT2D eigenvalue weighted by atomic mass is 32.2. The van der Waals surface area contributed by atoms with Crippen LogP contribution >= 0.6 is 0 Å². The van der Waals surface area contributed by atoms with Crippen molar-refractivity contribution in [3.05, 3.63) is 24.3 Å². The number of rotatable bonds is 5. The van der Waals surface area contributed by atoms with Crippen molar-refractivity contribution in [2.45, 2.75) is 62.2 Å². The Balaban J connectivity index is 1.47. The van der Waals surface area contributed by atoms with E-state index >= 15 is 0 Å². The molecule has 1 amide bonds. The maximum absolute atomic E-state index is 12.9. The molecule has 5 atom stereocenters. The number of aliphatic carboxylic acids is 1. The first kappa shape index (κ1) is 20.3. The summed E-state index contributed by atoms with van der Waals surface area (Å²) >= 11 is 0. The summed E-state index contributed by atoms with van der Waals surface area (Å²) in [6.45, 7) is 2.43. The molecule has 4 rings (SSSR count). The highest BCUT2D eigenvalue weighted by Crippen LogP contribution is 2.44. The molecule has 3 saturated heterocycles. The van der Waals surface area contributed by atoms with Crippen LogP contribution in [0.1, 0.15) is 39.0 Å². The zero-order valence-electron chi connectivity index (χ0n) is 16.3. The van der Waals surface area contributed by atoms with Gasteiger partial charge in [-0.05, 0) is 56.9 Å². The summed E-state index contributed by atoms with van der Waals surface area (Å²) in [6, 6.07) is 6.03. The minimum Gasteiger partial charge on any atom is -0.481 e. The van der Waals surface area contributed by atoms with Gasteiger partial charge in [-0.1, -0.05) is 6.42 Å². The van der Waals surface area contributed by atoms with Crippen molar-refractivity contribution >= 4 is 27.6 Å². The third kappa shape index (κ3) is 3.67. The van der Waals surface area contributed by atoms with E-state index in [4.69, 9.17) is 4.74 Å². The van der Waals surface area contributed by atoms with Crippen LogP contribution in [0.4, 0.5) is 5.69 Å². The van der Waals surface area contributed by atoms with Crippen molar-refractivity contribution < 1.29 is 27.9 Å². The van der Waals surface area contributed by atoms with Gasteiger partial charge in [0.25, 0.3) is 0 Å². The number of hydrogen-bond donors (Lipinski definition) is 2. The zero-order valence-corrected chi connectivity index (χ0v) is 17.1. The van der Waals surface area contributed by atoms with Crippen molar-refractivity contribution in [1.82, 2.24) is 4.31 Å². The Morgan fingerprint density at radius 1 is 1.07 bits per heavy atom. The first-order chi connectivity index (χ1) is 13.8. The van der Waals surface area contributed by atoms with Gasteiger partial charge in [0, 0.05) is 18.3 Å². The lowest BCUT2D eigenvalue weighted by Gasteiger charge is -2.32. The number of anilines is 1. The maximum Gasteiger partial charge on any atom is 0.310 e. The minimum atomic E-state index is -3.58. The predicted molar refractivity (Wildman–Crippen MR) is 105 cm³/mol. The molecule has 2 bridgehead atoms. The van der Waals surface area contributed by atoms with Crippen molar-refractivity contribution in [2.75, 3.05) is 11.9 Å². The fourth-order valence-corrected chi connectivity index (χ4v) is 6.52. The van der Waals surface area contributed by atoms with Crippen LogP contribution in [-0.2, 0) is 24.3 Å². The lowest BCUT2D eigenvalue weighted by Crippen LogP contribution is -2.42. The van der Waals surface area contributed by atoms with E-state index < -0.39 is 39.8 Å². The van der Waals surface area contributed by atoms with Gasteiger partial charge in [0.1, 0.15) is 0 Å². The maximum atomic E-state index is 12.9. The number of amides is 1. The molecule has 0 unspecified atom stereocenters. The van der Waals surface area contributed by atoms with Crippen LogP contribution in [0.15, 0.2) is 29.2 Å². The fourth-order valence-electron chi connectivity index (χ4n) is 4.82. The number of carboxylic acids is 1. The van der Waals surface area contributed by atoms with Crippen LogP contribution in [0.3, 0.4) is 0 Å². The van der Waals surface area contributed by atoms with Crippen LogP contribution in [0.5, 0.6) is 0 Å². The van der Waals surface area contributed by atoms with Gasteiger partial charge in [-0.3, -0.25) is 9.59 Å². The van der Waals surface area contributed by atoms with Crippen LogP contribution in [-0.4, -0.2) is 54.5 Å². The van der Waals surface area contributed by atoms with E-state index in [0.29, 0.717) is 25.1 Å². The van der Waals surface area contributed by atoms with Gasteiger partial charge in [-0.15, -0.1) is 0 Å². The Morgan fingerprint density at radius 3 is 2.34 bits per heavy atom. The number of hydrogen-bond acceptors (Lipinski definition) is 5. The molecule has 1 aromatic carbocycles. The van der Waals surface area contributed by atoms with E-state index in [-0.39, 0.29) is 17.0 Å². The SMILES string of the molecule is C[C@@H]1CCCCN1S(=O)(=O)c1ccc(NC(=O)[C@H]2[C@@H](C(=O)O)[C@@H]3CC[C@@H]2O3)cc1. The Bertz CT molecular complexity index is 900. The molecule has 2 N–H and O–H groups in total. The normalized spacial score (nSPS) is 32.2. The van der Waals surface area contributed by atoms with E-state index in [0.717, 1.165) is 19.3 Å². The van der Waals surface area contributed by atoms with Crippen molar-refractivity contribution in [2.24, 2.45) is 11.8 Å². The summed E-state index contributed by atoms with van der Waals surface area (Å²) in [5, 5.41) is 12.2.